The summed E-state index contributed by atoms with van der Waals surface area (Å²) in [7, 11) is 0. The van der Waals surface area contributed by atoms with Crippen LogP contribution in [0.4, 0.5) is 0 Å². The summed E-state index contributed by atoms with van der Waals surface area (Å²) in [5.41, 5.74) is 1.06. The molecule has 17 heavy (non-hydrogen) atoms. The van der Waals surface area contributed by atoms with Gasteiger partial charge in [0.15, 0.2) is 0 Å². The summed E-state index contributed by atoms with van der Waals surface area (Å²) in [6, 6.07) is 0.876. The number of H-pyrrole nitrogens is 1. The van der Waals surface area contributed by atoms with Crippen LogP contribution >= 0.6 is 11.8 Å². The average Bonchev–Trinajstić information content (AvgIpc) is 2.75. The molecule has 1 atom stereocenters. The molecule has 0 radical (unpaired) electrons. The quantitative estimate of drug-likeness (QED) is 0.797. The van der Waals surface area contributed by atoms with E-state index in [0.717, 1.165) is 11.4 Å². The van der Waals surface area contributed by atoms with Crippen molar-refractivity contribution < 1.29 is 14.7 Å². The van der Waals surface area contributed by atoms with E-state index in [1.807, 2.05) is 0 Å². The summed E-state index contributed by atoms with van der Waals surface area (Å²) >= 11 is 1.55. The number of carbonyl (C=O) groups is 2. The van der Waals surface area contributed by atoms with Crippen LogP contribution in [0, 0.1) is 6.92 Å². The topological polar surface area (TPSA) is 86.3 Å². The van der Waals surface area contributed by atoms with Crippen molar-refractivity contribution in [3.8, 4) is 0 Å². The molecular weight excluding hydrogens is 242 g/mol. The summed E-state index contributed by atoms with van der Waals surface area (Å²) < 4.78 is 0. The van der Waals surface area contributed by atoms with Gasteiger partial charge in [-0.2, -0.15) is 16.9 Å². The Balaban J connectivity index is 2.19. The number of aryl methyl sites for hydroxylation is 1. The lowest BCUT2D eigenvalue weighted by Gasteiger charge is -2.31. The predicted molar refractivity (Wildman–Crippen MR) is 63.1 cm³/mol. The molecule has 1 fully saturated rings. The Morgan fingerprint density at radius 3 is 3.00 bits per heavy atom. The fourth-order valence-electron chi connectivity index (χ4n) is 1.73. The Morgan fingerprint density at radius 1 is 1.65 bits per heavy atom. The van der Waals surface area contributed by atoms with E-state index in [1.165, 1.54) is 4.90 Å². The Kier molecular flexibility index (Phi) is 3.37. The molecule has 1 unspecified atom stereocenters. The Morgan fingerprint density at radius 2 is 2.41 bits per heavy atom. The van der Waals surface area contributed by atoms with E-state index >= 15 is 0 Å². The molecule has 6 nitrogen and oxygen atoms in total. The maximum atomic E-state index is 12.1. The molecule has 7 heteroatoms. The van der Waals surface area contributed by atoms with Crippen LogP contribution in [0.2, 0.25) is 0 Å². The molecule has 1 aliphatic rings. The highest BCUT2D eigenvalue weighted by molar-refractivity contribution is 7.99. The van der Waals surface area contributed by atoms with E-state index in [4.69, 9.17) is 5.11 Å². The lowest BCUT2D eigenvalue weighted by Crippen LogP contribution is -2.50. The van der Waals surface area contributed by atoms with Gasteiger partial charge in [0, 0.05) is 23.7 Å². The highest BCUT2D eigenvalue weighted by Crippen LogP contribution is 2.18. The number of thioether (sulfide) groups is 1. The first-order valence-corrected chi connectivity index (χ1v) is 6.38. The minimum atomic E-state index is -0.960. The first-order chi connectivity index (χ1) is 8.09. The first kappa shape index (κ1) is 12.0. The van der Waals surface area contributed by atoms with Crippen molar-refractivity contribution in [1.29, 1.82) is 0 Å². The number of amides is 1. The second-order valence-electron chi connectivity index (χ2n) is 3.86. The normalized spacial score (nSPS) is 20.3. The predicted octanol–water partition coefficient (Wildman–Crippen LogP) is 0.360. The van der Waals surface area contributed by atoms with E-state index < -0.39 is 12.0 Å². The monoisotopic (exact) mass is 255 g/mol. The molecule has 0 bridgehead atoms. The van der Waals surface area contributed by atoms with Crippen LogP contribution in [0.3, 0.4) is 0 Å². The molecule has 0 spiro atoms. The van der Waals surface area contributed by atoms with E-state index in [2.05, 4.69) is 10.2 Å². The molecule has 0 aromatic carbocycles. The van der Waals surface area contributed by atoms with Gasteiger partial charge in [0.2, 0.25) is 0 Å². The lowest BCUT2D eigenvalue weighted by molar-refractivity contribution is -0.141. The van der Waals surface area contributed by atoms with Crippen molar-refractivity contribution in [2.75, 3.05) is 18.1 Å². The maximum absolute atomic E-state index is 12.1. The molecule has 2 rings (SSSR count). The van der Waals surface area contributed by atoms with Crippen LogP contribution in [0.5, 0.6) is 0 Å². The molecule has 1 saturated heterocycles. The minimum Gasteiger partial charge on any atom is -0.480 e. The number of aromatic nitrogens is 2. The third-order valence-electron chi connectivity index (χ3n) is 2.60. The van der Waals surface area contributed by atoms with Crippen LogP contribution in [-0.4, -0.2) is 56.2 Å². The lowest BCUT2D eigenvalue weighted by atomic mass is 10.2. The van der Waals surface area contributed by atoms with Crippen LogP contribution in [0.25, 0.3) is 0 Å². The van der Waals surface area contributed by atoms with Gasteiger partial charge < -0.3 is 10.0 Å². The Bertz CT molecular complexity index is 446. The molecule has 1 aromatic rings. The zero-order valence-electron chi connectivity index (χ0n) is 9.34. The van der Waals surface area contributed by atoms with Gasteiger partial charge in [-0.3, -0.25) is 9.89 Å². The number of carbonyl (C=O) groups excluding carboxylic acids is 1. The number of rotatable bonds is 2. The molecule has 0 saturated carbocycles. The van der Waals surface area contributed by atoms with Crippen molar-refractivity contribution in [3.63, 3.8) is 0 Å². The molecule has 1 aliphatic heterocycles. The van der Waals surface area contributed by atoms with Crippen LogP contribution in [-0.2, 0) is 4.79 Å². The number of aromatic amines is 1. The highest BCUT2D eigenvalue weighted by atomic mass is 32.2. The fourth-order valence-corrected chi connectivity index (χ4v) is 2.76. The average molecular weight is 255 g/mol. The smallest absolute Gasteiger partial charge is 0.327 e. The molecule has 0 aliphatic carbocycles. The minimum absolute atomic E-state index is 0.278. The van der Waals surface area contributed by atoms with Crippen LogP contribution < -0.4 is 0 Å². The SMILES string of the molecule is Cc1cc(C(=O)N2CCSCC2C(=O)O)n[nH]1. The van der Waals surface area contributed by atoms with Crippen LogP contribution in [0.15, 0.2) is 6.07 Å². The van der Waals surface area contributed by atoms with Gasteiger partial charge in [0.05, 0.1) is 0 Å². The first-order valence-electron chi connectivity index (χ1n) is 5.23. The van der Waals surface area contributed by atoms with Crippen molar-refractivity contribution >= 4 is 23.6 Å². The van der Waals surface area contributed by atoms with E-state index in [9.17, 15) is 9.59 Å². The van der Waals surface area contributed by atoms with Crippen molar-refractivity contribution in [1.82, 2.24) is 15.1 Å². The number of aliphatic carboxylic acids is 1. The summed E-state index contributed by atoms with van der Waals surface area (Å²) in [5.74, 6) is -0.0801. The summed E-state index contributed by atoms with van der Waals surface area (Å²) in [6.45, 7) is 2.25. The largest absolute Gasteiger partial charge is 0.480 e. The van der Waals surface area contributed by atoms with E-state index in [0.29, 0.717) is 12.3 Å². The van der Waals surface area contributed by atoms with Crippen molar-refractivity contribution in [2.24, 2.45) is 0 Å². The fraction of sp³-hybridized carbons (Fsp3) is 0.500. The molecule has 2 heterocycles. The van der Waals surface area contributed by atoms with Crippen molar-refractivity contribution in [3.05, 3.63) is 17.5 Å². The highest BCUT2D eigenvalue weighted by Gasteiger charge is 2.33. The second-order valence-corrected chi connectivity index (χ2v) is 5.01. The standard InChI is InChI=1S/C10H13N3O3S/c1-6-4-7(12-11-6)9(14)13-2-3-17-5-8(13)10(15)16/h4,8H,2-3,5H2,1H3,(H,11,12)(H,15,16). The third kappa shape index (κ3) is 2.44. The Labute approximate surface area is 102 Å². The molecule has 1 aromatic heterocycles. The zero-order valence-corrected chi connectivity index (χ0v) is 10.2. The number of hydrogen-bond acceptors (Lipinski definition) is 4. The van der Waals surface area contributed by atoms with Crippen LogP contribution in [0.1, 0.15) is 16.2 Å². The number of nitrogens with zero attached hydrogens (tertiary/aromatic N) is 2. The van der Waals surface area contributed by atoms with E-state index in [-0.39, 0.29) is 11.6 Å². The van der Waals surface area contributed by atoms with Gasteiger partial charge in [0.25, 0.3) is 5.91 Å². The molecule has 1 amide bonds. The van der Waals surface area contributed by atoms with Gasteiger partial charge in [-0.05, 0) is 13.0 Å². The summed E-state index contributed by atoms with van der Waals surface area (Å²) in [5, 5.41) is 15.6. The summed E-state index contributed by atoms with van der Waals surface area (Å²) in [6.07, 6.45) is 0. The maximum Gasteiger partial charge on any atom is 0.327 e. The molecule has 92 valence electrons. The molecule has 2 N–H and O–H groups in total. The van der Waals surface area contributed by atoms with Gasteiger partial charge in [-0.1, -0.05) is 0 Å². The number of nitrogens with one attached hydrogen (secondary N) is 1. The zero-order chi connectivity index (χ0) is 12.4. The number of carboxylic acids is 1. The molecular formula is C10H13N3O3S. The second kappa shape index (κ2) is 4.79. The van der Waals surface area contributed by atoms with E-state index in [1.54, 1.807) is 24.8 Å². The van der Waals surface area contributed by atoms with Crippen molar-refractivity contribution in [2.45, 2.75) is 13.0 Å². The number of carboxylic acid groups (broad SMARTS) is 1. The summed E-state index contributed by atoms with van der Waals surface area (Å²) in [4.78, 5) is 24.6. The van der Waals surface area contributed by atoms with Gasteiger partial charge in [-0.25, -0.2) is 4.79 Å². The van der Waals surface area contributed by atoms with Gasteiger partial charge >= 0.3 is 5.97 Å². The Hall–Kier alpha value is -1.50. The van der Waals surface area contributed by atoms with Gasteiger partial charge in [-0.15, -0.1) is 0 Å². The number of hydrogen-bond donors (Lipinski definition) is 2. The van der Waals surface area contributed by atoms with Gasteiger partial charge in [0.1, 0.15) is 11.7 Å². The third-order valence-corrected chi connectivity index (χ3v) is 3.62.